The van der Waals surface area contributed by atoms with Crippen molar-refractivity contribution in [1.82, 2.24) is 20.0 Å². The summed E-state index contributed by atoms with van der Waals surface area (Å²) in [6.45, 7) is 5.43. The van der Waals surface area contributed by atoms with Gasteiger partial charge in [-0.1, -0.05) is 26.2 Å². The first-order valence-electron chi connectivity index (χ1n) is 9.47. The minimum atomic E-state index is -0.117. The summed E-state index contributed by atoms with van der Waals surface area (Å²) in [5.41, 5.74) is 1.03. The minimum absolute atomic E-state index is 0.117. The van der Waals surface area contributed by atoms with Crippen LogP contribution in [0.3, 0.4) is 0 Å². The monoisotopic (exact) mass is 333 g/mol. The SMILES string of the molecule is CCCc1cc(NC(=O)NC2CCN(CC3CCCC3)C2)n(C)n1. The fraction of sp³-hybridized carbons (Fsp3) is 0.778. The third kappa shape index (κ3) is 4.50. The number of hydrogen-bond donors (Lipinski definition) is 2. The Kier molecular flexibility index (Phi) is 5.76. The molecule has 134 valence electrons. The van der Waals surface area contributed by atoms with E-state index < -0.39 is 0 Å². The molecule has 1 atom stereocenters. The van der Waals surface area contributed by atoms with E-state index in [1.165, 1.54) is 32.2 Å². The van der Waals surface area contributed by atoms with Crippen LogP contribution in [0.15, 0.2) is 6.07 Å². The smallest absolute Gasteiger partial charge is 0.320 e. The van der Waals surface area contributed by atoms with Crippen molar-refractivity contribution in [3.63, 3.8) is 0 Å². The van der Waals surface area contributed by atoms with Crippen LogP contribution in [0.4, 0.5) is 10.6 Å². The molecule has 2 amide bonds. The molecule has 1 saturated heterocycles. The molecule has 0 aromatic carbocycles. The van der Waals surface area contributed by atoms with Crippen LogP contribution in [0.1, 0.15) is 51.1 Å². The second-order valence-electron chi connectivity index (χ2n) is 7.39. The van der Waals surface area contributed by atoms with Crippen LogP contribution < -0.4 is 10.6 Å². The Balaban J connectivity index is 1.43. The summed E-state index contributed by atoms with van der Waals surface area (Å²) in [5, 5.41) is 10.5. The van der Waals surface area contributed by atoms with Crippen LogP contribution in [0, 0.1) is 5.92 Å². The highest BCUT2D eigenvalue weighted by molar-refractivity contribution is 5.88. The Hall–Kier alpha value is -1.56. The van der Waals surface area contributed by atoms with Crippen molar-refractivity contribution >= 4 is 11.8 Å². The lowest BCUT2D eigenvalue weighted by molar-refractivity contribution is 0.245. The number of nitrogens with one attached hydrogen (secondary N) is 2. The Bertz CT molecular complexity index is 550. The van der Waals surface area contributed by atoms with E-state index in [4.69, 9.17) is 0 Å². The normalized spacial score (nSPS) is 22.2. The Morgan fingerprint density at radius 1 is 1.33 bits per heavy atom. The fourth-order valence-electron chi connectivity index (χ4n) is 4.03. The molecule has 2 heterocycles. The molecule has 6 heteroatoms. The fourth-order valence-corrected chi connectivity index (χ4v) is 4.03. The van der Waals surface area contributed by atoms with Gasteiger partial charge >= 0.3 is 6.03 Å². The second-order valence-corrected chi connectivity index (χ2v) is 7.39. The van der Waals surface area contributed by atoms with Crippen molar-refractivity contribution < 1.29 is 4.79 Å². The summed E-state index contributed by atoms with van der Waals surface area (Å²) in [4.78, 5) is 14.8. The van der Waals surface area contributed by atoms with E-state index in [0.29, 0.717) is 0 Å². The molecule has 2 aliphatic rings. The molecule has 24 heavy (non-hydrogen) atoms. The minimum Gasteiger partial charge on any atom is -0.334 e. The number of urea groups is 1. The maximum Gasteiger partial charge on any atom is 0.320 e. The molecule has 6 nitrogen and oxygen atoms in total. The molecule has 2 N–H and O–H groups in total. The van der Waals surface area contributed by atoms with Gasteiger partial charge in [-0.15, -0.1) is 0 Å². The van der Waals surface area contributed by atoms with Crippen molar-refractivity contribution in [2.45, 2.75) is 57.9 Å². The van der Waals surface area contributed by atoms with Gasteiger partial charge in [-0.3, -0.25) is 10.00 Å². The molecular formula is C18H31N5O. The number of hydrogen-bond acceptors (Lipinski definition) is 3. The van der Waals surface area contributed by atoms with Crippen molar-refractivity contribution in [2.75, 3.05) is 25.0 Å². The van der Waals surface area contributed by atoms with Crippen LogP contribution in [-0.2, 0) is 13.5 Å². The quantitative estimate of drug-likeness (QED) is 0.841. The maximum atomic E-state index is 12.3. The average Bonchev–Trinajstić information content (AvgIpc) is 3.25. The topological polar surface area (TPSA) is 62.2 Å². The van der Waals surface area contributed by atoms with E-state index in [9.17, 15) is 4.79 Å². The molecule has 2 fully saturated rings. The molecule has 1 aromatic heterocycles. The first-order chi connectivity index (χ1) is 11.6. The zero-order valence-electron chi connectivity index (χ0n) is 15.1. The number of nitrogens with zero attached hydrogens (tertiary/aromatic N) is 3. The van der Waals surface area contributed by atoms with Crippen molar-refractivity contribution in [2.24, 2.45) is 13.0 Å². The standard InChI is InChI=1S/C18H31N5O/c1-3-6-15-11-17(22(2)21-15)20-18(24)19-16-9-10-23(13-16)12-14-7-4-5-8-14/h11,14,16H,3-10,12-13H2,1-2H3,(H2,19,20,24). The van der Waals surface area contributed by atoms with Crippen LogP contribution in [0.2, 0.25) is 0 Å². The van der Waals surface area contributed by atoms with Gasteiger partial charge in [0.25, 0.3) is 0 Å². The predicted octanol–water partition coefficient (Wildman–Crippen LogP) is 2.76. The predicted molar refractivity (Wildman–Crippen MR) is 96.2 cm³/mol. The highest BCUT2D eigenvalue weighted by Crippen LogP contribution is 2.26. The maximum absolute atomic E-state index is 12.3. The molecule has 0 spiro atoms. The van der Waals surface area contributed by atoms with Gasteiger partial charge in [0, 0.05) is 38.8 Å². The summed E-state index contributed by atoms with van der Waals surface area (Å²) in [6.07, 6.45) is 8.61. The molecule has 1 saturated carbocycles. The molecule has 1 aliphatic carbocycles. The third-order valence-electron chi connectivity index (χ3n) is 5.28. The summed E-state index contributed by atoms with van der Waals surface area (Å²) in [6, 6.07) is 2.10. The number of carbonyl (C=O) groups excluding carboxylic acids is 1. The number of aryl methyl sites for hydroxylation is 2. The molecule has 3 rings (SSSR count). The summed E-state index contributed by atoms with van der Waals surface area (Å²) in [7, 11) is 1.87. The van der Waals surface area contributed by atoms with E-state index in [1.807, 2.05) is 13.1 Å². The highest BCUT2D eigenvalue weighted by Gasteiger charge is 2.27. The van der Waals surface area contributed by atoms with E-state index in [-0.39, 0.29) is 12.1 Å². The Labute approximate surface area is 145 Å². The van der Waals surface area contributed by atoms with Gasteiger partial charge in [0.2, 0.25) is 0 Å². The molecule has 1 aliphatic heterocycles. The Morgan fingerprint density at radius 2 is 2.12 bits per heavy atom. The van der Waals surface area contributed by atoms with Gasteiger partial charge in [0.05, 0.1) is 5.69 Å². The van der Waals surface area contributed by atoms with E-state index in [1.54, 1.807) is 4.68 Å². The largest absolute Gasteiger partial charge is 0.334 e. The summed E-state index contributed by atoms with van der Waals surface area (Å²) >= 11 is 0. The third-order valence-corrected chi connectivity index (χ3v) is 5.28. The zero-order valence-corrected chi connectivity index (χ0v) is 15.1. The average molecular weight is 333 g/mol. The highest BCUT2D eigenvalue weighted by atomic mass is 16.2. The first kappa shape index (κ1) is 17.3. The number of likely N-dealkylation sites (tertiary alicyclic amines) is 1. The van der Waals surface area contributed by atoms with Gasteiger partial charge < -0.3 is 10.2 Å². The van der Waals surface area contributed by atoms with E-state index in [0.717, 1.165) is 49.8 Å². The number of amides is 2. The van der Waals surface area contributed by atoms with Crippen LogP contribution in [-0.4, -0.2) is 46.4 Å². The number of anilines is 1. The van der Waals surface area contributed by atoms with Gasteiger partial charge in [0.1, 0.15) is 5.82 Å². The number of rotatable bonds is 6. The van der Waals surface area contributed by atoms with E-state index in [2.05, 4.69) is 27.6 Å². The summed E-state index contributed by atoms with van der Waals surface area (Å²) in [5.74, 6) is 1.64. The van der Waals surface area contributed by atoms with Gasteiger partial charge in [0.15, 0.2) is 0 Å². The number of carbonyl (C=O) groups is 1. The molecular weight excluding hydrogens is 302 g/mol. The molecule has 1 unspecified atom stereocenters. The van der Waals surface area contributed by atoms with Gasteiger partial charge in [-0.25, -0.2) is 4.79 Å². The first-order valence-corrected chi connectivity index (χ1v) is 9.47. The molecule has 1 aromatic rings. The molecule has 0 bridgehead atoms. The second kappa shape index (κ2) is 8.01. The Morgan fingerprint density at radius 3 is 2.88 bits per heavy atom. The number of aromatic nitrogens is 2. The van der Waals surface area contributed by atoms with Gasteiger partial charge in [-0.2, -0.15) is 5.10 Å². The van der Waals surface area contributed by atoms with Crippen molar-refractivity contribution in [1.29, 1.82) is 0 Å². The van der Waals surface area contributed by atoms with Gasteiger partial charge in [-0.05, 0) is 31.6 Å². The van der Waals surface area contributed by atoms with Crippen LogP contribution in [0.5, 0.6) is 0 Å². The lowest BCUT2D eigenvalue weighted by atomic mass is 10.1. The van der Waals surface area contributed by atoms with Crippen molar-refractivity contribution in [3.05, 3.63) is 11.8 Å². The van der Waals surface area contributed by atoms with Crippen molar-refractivity contribution in [3.8, 4) is 0 Å². The lowest BCUT2D eigenvalue weighted by Gasteiger charge is -2.20. The summed E-state index contributed by atoms with van der Waals surface area (Å²) < 4.78 is 1.74. The molecule has 0 radical (unpaired) electrons. The lowest BCUT2D eigenvalue weighted by Crippen LogP contribution is -2.40. The van der Waals surface area contributed by atoms with Crippen LogP contribution >= 0.6 is 0 Å². The zero-order chi connectivity index (χ0) is 16.9. The van der Waals surface area contributed by atoms with Crippen LogP contribution in [0.25, 0.3) is 0 Å². The van der Waals surface area contributed by atoms with E-state index >= 15 is 0 Å².